The summed E-state index contributed by atoms with van der Waals surface area (Å²) < 4.78 is 22.1. The third kappa shape index (κ3) is 1.67. The number of anilines is 1. The van der Waals surface area contributed by atoms with Gasteiger partial charge >= 0.3 is 0 Å². The number of fused-ring (bicyclic) bond motifs is 1. The van der Waals surface area contributed by atoms with E-state index >= 15 is 0 Å². The van der Waals surface area contributed by atoms with E-state index in [0.717, 1.165) is 0 Å². The first-order chi connectivity index (χ1) is 7.86. The highest BCUT2D eigenvalue weighted by molar-refractivity contribution is 6.29. The maximum Gasteiger partial charge on any atom is 0.222 e. The highest BCUT2D eigenvalue weighted by Crippen LogP contribution is 2.10. The fourth-order valence-corrected chi connectivity index (χ4v) is 1.18. The number of nitrogens with one attached hydrogen (secondary N) is 1. The molecular formula is C8H7ClN4O. The van der Waals surface area contributed by atoms with Gasteiger partial charge in [0.25, 0.3) is 0 Å². The Bertz CT molecular complexity index is 580. The second-order valence-electron chi connectivity index (χ2n) is 2.54. The third-order valence-corrected chi connectivity index (χ3v) is 1.73. The average Bonchev–Trinajstić information content (AvgIpc) is 2.57. The van der Waals surface area contributed by atoms with Crippen LogP contribution in [0.25, 0.3) is 5.65 Å². The van der Waals surface area contributed by atoms with E-state index < -0.39 is 12.8 Å². The lowest BCUT2D eigenvalue weighted by atomic mass is 10.6. The Labute approximate surface area is 88.9 Å². The summed E-state index contributed by atoms with van der Waals surface area (Å²) in [6.07, 6.45) is 1.38. The number of hydrogen-bond acceptors (Lipinski definition) is 3. The van der Waals surface area contributed by atoms with Crippen LogP contribution in [0.2, 0.25) is 5.15 Å². The molecule has 0 radical (unpaired) electrons. The molecule has 14 heavy (non-hydrogen) atoms. The van der Waals surface area contributed by atoms with Crippen LogP contribution in [0.1, 0.15) is 11.0 Å². The van der Waals surface area contributed by atoms with Crippen LogP contribution >= 0.6 is 11.6 Å². The number of halogens is 1. The molecule has 0 spiro atoms. The molecule has 2 aromatic rings. The molecule has 0 fully saturated rings. The Morgan fingerprint density at radius 3 is 3.36 bits per heavy atom. The highest BCUT2D eigenvalue weighted by Gasteiger charge is 2.03. The average molecular weight is 214 g/mol. The van der Waals surface area contributed by atoms with Crippen molar-refractivity contribution in [3.05, 3.63) is 23.5 Å². The Hall–Kier alpha value is -1.62. The number of rotatable bonds is 1. The molecule has 1 amide bonds. The van der Waals surface area contributed by atoms with Crippen LogP contribution in [0.4, 0.5) is 5.82 Å². The summed E-state index contributed by atoms with van der Waals surface area (Å²) in [6.45, 7) is -2.71. The minimum absolute atomic E-state index is 0.112. The molecule has 5 nitrogen and oxygen atoms in total. The smallest absolute Gasteiger partial charge is 0.222 e. The summed E-state index contributed by atoms with van der Waals surface area (Å²) in [7, 11) is 0. The Morgan fingerprint density at radius 2 is 2.57 bits per heavy atom. The zero-order chi connectivity index (χ0) is 12.6. The molecule has 72 valence electrons. The van der Waals surface area contributed by atoms with Gasteiger partial charge in [0.2, 0.25) is 5.91 Å². The first-order valence-corrected chi connectivity index (χ1v) is 4.07. The maximum absolute atomic E-state index is 11.2. The lowest BCUT2D eigenvalue weighted by Crippen LogP contribution is -2.05. The van der Waals surface area contributed by atoms with E-state index in [1.807, 2.05) is 0 Å². The molecule has 1 N–H and O–H groups in total. The summed E-state index contributed by atoms with van der Waals surface area (Å²) >= 11 is 5.67. The van der Waals surface area contributed by atoms with E-state index in [0.29, 0.717) is 5.65 Å². The second kappa shape index (κ2) is 3.26. The Kier molecular flexibility index (Phi) is 1.39. The SMILES string of the molecule is [2H]C([2H])([2H])C(=O)Nc1cn2nc(Cl)ccc2n1. The normalized spacial score (nSPS) is 14.5. The van der Waals surface area contributed by atoms with Crippen molar-refractivity contribution in [3.63, 3.8) is 0 Å². The van der Waals surface area contributed by atoms with Gasteiger partial charge in [0.15, 0.2) is 11.5 Å². The van der Waals surface area contributed by atoms with Crippen LogP contribution in [0.15, 0.2) is 18.3 Å². The minimum atomic E-state index is -2.71. The van der Waals surface area contributed by atoms with Gasteiger partial charge in [-0.05, 0) is 12.1 Å². The van der Waals surface area contributed by atoms with Crippen LogP contribution in [0.5, 0.6) is 0 Å². The van der Waals surface area contributed by atoms with E-state index in [-0.39, 0.29) is 11.0 Å². The summed E-state index contributed by atoms with van der Waals surface area (Å²) in [6, 6.07) is 3.14. The van der Waals surface area contributed by atoms with Gasteiger partial charge in [-0.1, -0.05) is 11.6 Å². The van der Waals surface area contributed by atoms with E-state index in [1.165, 1.54) is 10.7 Å². The van der Waals surface area contributed by atoms with E-state index in [9.17, 15) is 4.79 Å². The molecule has 0 saturated carbocycles. The number of carbonyl (C=O) groups excluding carboxylic acids is 1. The standard InChI is InChI=1S/C8H7ClN4O/c1-5(14)10-7-4-13-8(11-7)3-2-6(9)12-13/h2-4H,1H3,(H,10,14)/i1D3. The number of aromatic nitrogens is 3. The van der Waals surface area contributed by atoms with Crippen molar-refractivity contribution in [1.29, 1.82) is 0 Å². The summed E-state index contributed by atoms with van der Waals surface area (Å²) in [5, 5.41) is 6.33. The number of carbonyl (C=O) groups is 1. The molecule has 0 aromatic carbocycles. The molecule has 2 rings (SSSR count). The van der Waals surface area contributed by atoms with Gasteiger partial charge in [-0.15, -0.1) is 0 Å². The summed E-state index contributed by atoms with van der Waals surface area (Å²) in [5.74, 6) is -0.979. The third-order valence-electron chi connectivity index (χ3n) is 1.53. The predicted molar refractivity (Wildman–Crippen MR) is 52.3 cm³/mol. The molecular weight excluding hydrogens is 204 g/mol. The number of nitrogens with zero attached hydrogens (tertiary/aromatic N) is 3. The van der Waals surface area contributed by atoms with Crippen molar-refractivity contribution in [1.82, 2.24) is 14.6 Å². The molecule has 6 heteroatoms. The molecule has 2 heterocycles. The molecule has 0 aliphatic heterocycles. The van der Waals surface area contributed by atoms with E-state index in [1.54, 1.807) is 12.1 Å². The van der Waals surface area contributed by atoms with Crippen molar-refractivity contribution < 1.29 is 8.91 Å². The fourth-order valence-electron chi connectivity index (χ4n) is 1.04. The van der Waals surface area contributed by atoms with Gasteiger partial charge in [0.05, 0.1) is 6.20 Å². The molecule has 0 atom stereocenters. The second-order valence-corrected chi connectivity index (χ2v) is 2.93. The van der Waals surface area contributed by atoms with Gasteiger partial charge in [-0.25, -0.2) is 9.50 Å². The van der Waals surface area contributed by atoms with E-state index in [2.05, 4.69) is 15.4 Å². The quantitative estimate of drug-likeness (QED) is 0.778. The van der Waals surface area contributed by atoms with Crippen molar-refractivity contribution in [2.45, 2.75) is 6.85 Å². The molecule has 2 aromatic heterocycles. The zero-order valence-electron chi connectivity index (χ0n) is 9.86. The highest BCUT2D eigenvalue weighted by atomic mass is 35.5. The fraction of sp³-hybridized carbons (Fsp3) is 0.125. The molecule has 0 aliphatic carbocycles. The monoisotopic (exact) mass is 213 g/mol. The van der Waals surface area contributed by atoms with Crippen molar-refractivity contribution in [3.8, 4) is 0 Å². The van der Waals surface area contributed by atoms with Crippen LogP contribution in [0.3, 0.4) is 0 Å². The van der Waals surface area contributed by atoms with Crippen LogP contribution in [-0.4, -0.2) is 20.5 Å². The van der Waals surface area contributed by atoms with Gasteiger partial charge in [0.1, 0.15) is 5.15 Å². The number of amides is 1. The minimum Gasteiger partial charge on any atom is -0.310 e. The summed E-state index contributed by atoms with van der Waals surface area (Å²) in [5.41, 5.74) is 0.454. The maximum atomic E-state index is 11.2. The topological polar surface area (TPSA) is 59.3 Å². The van der Waals surface area contributed by atoms with E-state index in [4.69, 9.17) is 15.7 Å². The van der Waals surface area contributed by atoms with Crippen LogP contribution in [-0.2, 0) is 4.79 Å². The molecule has 0 bridgehead atoms. The van der Waals surface area contributed by atoms with Crippen molar-refractivity contribution in [2.75, 3.05) is 5.32 Å². The number of imidazole rings is 1. The predicted octanol–water partition coefficient (Wildman–Crippen LogP) is 1.34. The first kappa shape index (κ1) is 5.98. The van der Waals surface area contributed by atoms with Crippen molar-refractivity contribution >= 4 is 29.0 Å². The lowest BCUT2D eigenvalue weighted by Gasteiger charge is -1.91. The van der Waals surface area contributed by atoms with Crippen molar-refractivity contribution in [2.24, 2.45) is 0 Å². The number of hydrogen-bond donors (Lipinski definition) is 1. The Morgan fingerprint density at radius 1 is 1.71 bits per heavy atom. The molecule has 0 aliphatic rings. The van der Waals surface area contributed by atoms with Gasteiger partial charge < -0.3 is 5.32 Å². The van der Waals surface area contributed by atoms with Gasteiger partial charge in [0, 0.05) is 11.0 Å². The zero-order valence-corrected chi connectivity index (χ0v) is 7.62. The lowest BCUT2D eigenvalue weighted by molar-refractivity contribution is -0.114. The Balaban J connectivity index is 2.29. The van der Waals surface area contributed by atoms with Gasteiger partial charge in [-0.2, -0.15) is 5.10 Å². The molecule has 0 saturated heterocycles. The van der Waals surface area contributed by atoms with Gasteiger partial charge in [-0.3, -0.25) is 4.79 Å². The summed E-state index contributed by atoms with van der Waals surface area (Å²) in [4.78, 5) is 15.2. The largest absolute Gasteiger partial charge is 0.310 e. The first-order valence-electron chi connectivity index (χ1n) is 5.20. The molecule has 0 unspecified atom stereocenters. The van der Waals surface area contributed by atoms with Crippen LogP contribution in [0, 0.1) is 0 Å². The van der Waals surface area contributed by atoms with Crippen LogP contribution < -0.4 is 5.32 Å².